The highest BCUT2D eigenvalue weighted by Gasteiger charge is 2.30. The van der Waals surface area contributed by atoms with E-state index in [1.54, 1.807) is 12.1 Å². The Bertz CT molecular complexity index is 1320. The predicted molar refractivity (Wildman–Crippen MR) is 172 cm³/mol. The Balaban J connectivity index is 1.65. The molecule has 0 aliphatic rings. The van der Waals surface area contributed by atoms with E-state index in [1.807, 2.05) is 92.7 Å². The second kappa shape index (κ2) is 18.2. The zero-order chi connectivity index (χ0) is 31.7. The number of carbonyl (C=O) groups is 4. The standard InChI is InChI=1S/C35H44N4O5/c1-25(2)24-31(34(42)37-28-16-10-5-11-17-28)39-33(41)29(20-18-26-12-6-3-7-13-26)38-30(35(43)44)22-23-36-32(40)21-19-27-14-8-4-9-15-27/h3-17,25,29-31,38H,18-24H2,1-2H3,(H,36,40)(H,37,42)(H,39,41)(H,43,44)/t29-,30+,31-/m0/s1. The summed E-state index contributed by atoms with van der Waals surface area (Å²) in [6, 6.07) is 25.5. The van der Waals surface area contributed by atoms with E-state index < -0.39 is 30.0 Å². The van der Waals surface area contributed by atoms with Crippen molar-refractivity contribution in [2.24, 2.45) is 5.92 Å². The monoisotopic (exact) mass is 600 g/mol. The number of hydrogen-bond donors (Lipinski definition) is 5. The molecule has 0 aliphatic carbocycles. The number of aliphatic carboxylic acids is 1. The molecule has 0 heterocycles. The summed E-state index contributed by atoms with van der Waals surface area (Å²) in [6.07, 6.45) is 2.22. The molecule has 9 heteroatoms. The van der Waals surface area contributed by atoms with Gasteiger partial charge in [0, 0.05) is 18.7 Å². The average Bonchev–Trinajstić information content (AvgIpc) is 3.02. The third-order valence-corrected chi connectivity index (χ3v) is 7.20. The first-order chi connectivity index (χ1) is 21.2. The molecule has 0 aliphatic heterocycles. The molecule has 0 bridgehead atoms. The van der Waals surface area contributed by atoms with Crippen molar-refractivity contribution in [2.75, 3.05) is 11.9 Å². The summed E-state index contributed by atoms with van der Waals surface area (Å²) in [4.78, 5) is 51.4. The number of hydrogen-bond acceptors (Lipinski definition) is 5. The summed E-state index contributed by atoms with van der Waals surface area (Å²) in [5, 5.41) is 21.5. The van der Waals surface area contributed by atoms with Crippen molar-refractivity contribution >= 4 is 29.4 Å². The van der Waals surface area contributed by atoms with Gasteiger partial charge in [-0.15, -0.1) is 0 Å². The first kappa shape index (κ1) is 34.0. The molecule has 44 heavy (non-hydrogen) atoms. The molecule has 3 amide bonds. The van der Waals surface area contributed by atoms with Gasteiger partial charge in [-0.05, 0) is 61.3 Å². The van der Waals surface area contributed by atoms with Crippen LogP contribution in [0.4, 0.5) is 5.69 Å². The van der Waals surface area contributed by atoms with E-state index in [0.29, 0.717) is 37.8 Å². The summed E-state index contributed by atoms with van der Waals surface area (Å²) >= 11 is 0. The minimum absolute atomic E-state index is 0.0887. The number of rotatable bonds is 18. The van der Waals surface area contributed by atoms with Crippen LogP contribution in [0.15, 0.2) is 91.0 Å². The Kier molecular flexibility index (Phi) is 14.1. The van der Waals surface area contributed by atoms with Crippen LogP contribution in [-0.4, -0.2) is 53.5 Å². The average molecular weight is 601 g/mol. The van der Waals surface area contributed by atoms with Crippen molar-refractivity contribution in [3.8, 4) is 0 Å². The fourth-order valence-corrected chi connectivity index (χ4v) is 4.84. The van der Waals surface area contributed by atoms with Crippen molar-refractivity contribution in [3.63, 3.8) is 0 Å². The van der Waals surface area contributed by atoms with Gasteiger partial charge in [0.1, 0.15) is 12.1 Å². The summed E-state index contributed by atoms with van der Waals surface area (Å²) in [5.74, 6) is -1.96. The second-order valence-electron chi connectivity index (χ2n) is 11.3. The maximum absolute atomic E-state index is 13.7. The fourth-order valence-electron chi connectivity index (χ4n) is 4.84. The lowest BCUT2D eigenvalue weighted by atomic mass is 10.00. The van der Waals surface area contributed by atoms with Gasteiger partial charge in [-0.3, -0.25) is 24.5 Å². The lowest BCUT2D eigenvalue weighted by Gasteiger charge is -2.26. The van der Waals surface area contributed by atoms with Crippen molar-refractivity contribution < 1.29 is 24.3 Å². The Morgan fingerprint density at radius 1 is 0.682 bits per heavy atom. The quantitative estimate of drug-likeness (QED) is 0.147. The van der Waals surface area contributed by atoms with Gasteiger partial charge >= 0.3 is 5.97 Å². The first-order valence-corrected chi connectivity index (χ1v) is 15.2. The lowest BCUT2D eigenvalue weighted by molar-refractivity contribution is -0.140. The molecule has 9 nitrogen and oxygen atoms in total. The Morgan fingerprint density at radius 2 is 1.25 bits per heavy atom. The van der Waals surface area contributed by atoms with Gasteiger partial charge in [0.2, 0.25) is 17.7 Å². The van der Waals surface area contributed by atoms with E-state index in [9.17, 15) is 24.3 Å². The third kappa shape index (κ3) is 12.4. The van der Waals surface area contributed by atoms with E-state index in [-0.39, 0.29) is 30.7 Å². The van der Waals surface area contributed by atoms with Crippen LogP contribution in [0, 0.1) is 5.92 Å². The first-order valence-electron chi connectivity index (χ1n) is 15.2. The van der Waals surface area contributed by atoms with Gasteiger partial charge in [0.15, 0.2) is 0 Å². The number of para-hydroxylation sites is 1. The summed E-state index contributed by atoms with van der Waals surface area (Å²) < 4.78 is 0. The molecule has 3 aromatic carbocycles. The van der Waals surface area contributed by atoms with Crippen LogP contribution in [0.1, 0.15) is 50.7 Å². The lowest BCUT2D eigenvalue weighted by Crippen LogP contribution is -2.55. The van der Waals surface area contributed by atoms with E-state index >= 15 is 0 Å². The molecule has 3 aromatic rings. The highest BCUT2D eigenvalue weighted by atomic mass is 16.4. The van der Waals surface area contributed by atoms with Gasteiger partial charge in [-0.25, -0.2) is 0 Å². The van der Waals surface area contributed by atoms with Crippen molar-refractivity contribution in [1.82, 2.24) is 16.0 Å². The fraction of sp³-hybridized carbons (Fsp3) is 0.371. The second-order valence-corrected chi connectivity index (χ2v) is 11.3. The molecule has 0 unspecified atom stereocenters. The van der Waals surface area contributed by atoms with Crippen LogP contribution < -0.4 is 21.3 Å². The third-order valence-electron chi connectivity index (χ3n) is 7.20. The normalized spacial score (nSPS) is 13.0. The number of anilines is 1. The highest BCUT2D eigenvalue weighted by molar-refractivity contribution is 5.98. The molecule has 0 aromatic heterocycles. The van der Waals surface area contributed by atoms with Crippen LogP contribution in [0.5, 0.6) is 0 Å². The minimum atomic E-state index is -1.12. The number of aryl methyl sites for hydroxylation is 2. The highest BCUT2D eigenvalue weighted by Crippen LogP contribution is 2.13. The smallest absolute Gasteiger partial charge is 0.320 e. The van der Waals surface area contributed by atoms with Gasteiger partial charge in [0.05, 0.1) is 6.04 Å². The van der Waals surface area contributed by atoms with Crippen molar-refractivity contribution in [1.29, 1.82) is 0 Å². The largest absolute Gasteiger partial charge is 0.480 e. The van der Waals surface area contributed by atoms with E-state index in [0.717, 1.165) is 11.1 Å². The zero-order valence-corrected chi connectivity index (χ0v) is 25.5. The molecule has 0 saturated heterocycles. The van der Waals surface area contributed by atoms with Crippen molar-refractivity contribution in [2.45, 2.75) is 70.5 Å². The summed E-state index contributed by atoms with van der Waals surface area (Å²) in [7, 11) is 0. The number of nitrogens with one attached hydrogen (secondary N) is 4. The molecular formula is C35H44N4O5. The molecule has 234 valence electrons. The van der Waals surface area contributed by atoms with Crippen LogP contribution >= 0.6 is 0 Å². The molecule has 3 atom stereocenters. The Hall–Kier alpha value is -4.50. The maximum Gasteiger partial charge on any atom is 0.320 e. The molecular weight excluding hydrogens is 556 g/mol. The summed E-state index contributed by atoms with van der Waals surface area (Å²) in [6.45, 7) is 4.07. The topological polar surface area (TPSA) is 137 Å². The van der Waals surface area contributed by atoms with Gasteiger partial charge < -0.3 is 21.1 Å². The molecule has 3 rings (SSSR count). The van der Waals surface area contributed by atoms with Crippen LogP contribution in [-0.2, 0) is 32.0 Å². The summed E-state index contributed by atoms with van der Waals surface area (Å²) in [5.41, 5.74) is 2.68. The molecule has 5 N–H and O–H groups in total. The van der Waals surface area contributed by atoms with Crippen molar-refractivity contribution in [3.05, 3.63) is 102 Å². The number of carboxylic acid groups (broad SMARTS) is 1. The van der Waals surface area contributed by atoms with E-state index in [1.165, 1.54) is 0 Å². The van der Waals surface area contributed by atoms with Gasteiger partial charge in [-0.2, -0.15) is 0 Å². The SMILES string of the molecule is CC(C)C[C@H](NC(=O)[C@H](CCc1ccccc1)N[C@H](CCNC(=O)CCc1ccccc1)C(=O)O)C(=O)Nc1ccccc1. The van der Waals surface area contributed by atoms with Gasteiger partial charge in [-0.1, -0.05) is 92.7 Å². The molecule has 0 saturated carbocycles. The van der Waals surface area contributed by atoms with Crippen LogP contribution in [0.2, 0.25) is 0 Å². The van der Waals surface area contributed by atoms with E-state index in [4.69, 9.17) is 0 Å². The van der Waals surface area contributed by atoms with Gasteiger partial charge in [0.25, 0.3) is 0 Å². The maximum atomic E-state index is 13.7. The zero-order valence-electron chi connectivity index (χ0n) is 25.5. The molecule has 0 radical (unpaired) electrons. The Labute approximate surface area is 259 Å². The molecule has 0 fully saturated rings. The number of amides is 3. The van der Waals surface area contributed by atoms with E-state index in [2.05, 4.69) is 21.3 Å². The predicted octanol–water partition coefficient (Wildman–Crippen LogP) is 4.34. The Morgan fingerprint density at radius 3 is 1.82 bits per heavy atom. The minimum Gasteiger partial charge on any atom is -0.480 e. The molecule has 0 spiro atoms. The van der Waals surface area contributed by atoms with Crippen LogP contribution in [0.25, 0.3) is 0 Å². The van der Waals surface area contributed by atoms with Crippen LogP contribution in [0.3, 0.4) is 0 Å². The number of benzene rings is 3. The number of carbonyl (C=O) groups excluding carboxylic acids is 3. The number of carboxylic acids is 1.